The molecule has 0 saturated carbocycles. The molecule has 0 radical (unpaired) electrons. The van der Waals surface area contributed by atoms with Gasteiger partial charge in [-0.25, -0.2) is 0 Å². The molecule has 108 valence electrons. The maximum absolute atomic E-state index is 6.21. The first-order chi connectivity index (χ1) is 8.85. The molecule has 0 atom stereocenters. The monoisotopic (exact) mass is 374 g/mol. The fourth-order valence-electron chi connectivity index (χ4n) is 1.86. The van der Waals surface area contributed by atoms with Gasteiger partial charge in [-0.2, -0.15) is 0 Å². The zero-order valence-electron chi connectivity index (χ0n) is 12.8. The van der Waals surface area contributed by atoms with Crippen LogP contribution in [-0.4, -0.2) is 37.9 Å². The van der Waals surface area contributed by atoms with Crippen LogP contribution in [-0.2, 0) is 9.22 Å². The Kier molecular flexibility index (Phi) is 6.80. The third-order valence-corrected chi connectivity index (χ3v) is 12.0. The summed E-state index contributed by atoms with van der Waals surface area (Å²) in [7, 11) is 0. The first-order valence-electron chi connectivity index (χ1n) is 6.94. The Morgan fingerprint density at radius 1 is 0.684 bits per heavy atom. The predicted molar refractivity (Wildman–Crippen MR) is 80.5 cm³/mol. The van der Waals surface area contributed by atoms with E-state index in [0.29, 0.717) is 0 Å². The maximum atomic E-state index is 6.21. The standard InChI is InChI=1S/C6H5.3C3H7O.Sn/c1-2-4-6-5-3-1;3*1-3(2)4;/h1-5H;3*3H,1-2H3;/q;3*-1;+3. The normalized spacial score (nSPS) is 12.7. The molecule has 0 aliphatic heterocycles. The minimum absolute atomic E-state index is 0.0912. The van der Waals surface area contributed by atoms with Gasteiger partial charge in [0.1, 0.15) is 0 Å². The van der Waals surface area contributed by atoms with Crippen LogP contribution in [0.4, 0.5) is 0 Å². The summed E-state index contributed by atoms with van der Waals surface area (Å²) >= 11 is -3.74. The van der Waals surface area contributed by atoms with E-state index in [1.807, 2.05) is 59.7 Å². The summed E-state index contributed by atoms with van der Waals surface area (Å²) in [5.74, 6) is 0. The average Bonchev–Trinajstić information content (AvgIpc) is 2.27. The van der Waals surface area contributed by atoms with Crippen LogP contribution >= 0.6 is 0 Å². The molecule has 0 bridgehead atoms. The van der Waals surface area contributed by atoms with Crippen molar-refractivity contribution >= 4 is 23.2 Å². The molecule has 0 aromatic heterocycles. The number of hydrogen-bond donors (Lipinski definition) is 0. The van der Waals surface area contributed by atoms with Crippen molar-refractivity contribution in [3.63, 3.8) is 0 Å². The Labute approximate surface area is 122 Å². The molecule has 0 spiro atoms. The molecule has 0 aliphatic rings. The van der Waals surface area contributed by atoms with Crippen LogP contribution in [0, 0.1) is 0 Å². The van der Waals surface area contributed by atoms with E-state index in [4.69, 9.17) is 9.22 Å². The molecule has 0 fully saturated rings. The second-order valence-corrected chi connectivity index (χ2v) is 12.3. The second-order valence-electron chi connectivity index (χ2n) is 5.42. The molecular weight excluding hydrogens is 347 g/mol. The Morgan fingerprint density at radius 2 is 1.05 bits per heavy atom. The molecule has 19 heavy (non-hydrogen) atoms. The van der Waals surface area contributed by atoms with Crippen LogP contribution in [0.15, 0.2) is 30.3 Å². The SMILES string of the molecule is CC(C)[O][Sn]([O]C(C)C)([O]C(C)C)[c]1ccccc1. The fourth-order valence-corrected chi connectivity index (χ4v) is 10.5. The van der Waals surface area contributed by atoms with Crippen LogP contribution < -0.4 is 3.58 Å². The zero-order chi connectivity index (χ0) is 14.5. The van der Waals surface area contributed by atoms with E-state index in [1.165, 1.54) is 0 Å². The van der Waals surface area contributed by atoms with Crippen LogP contribution in [0.3, 0.4) is 0 Å². The summed E-state index contributed by atoms with van der Waals surface area (Å²) in [6, 6.07) is 10.1. The van der Waals surface area contributed by atoms with Gasteiger partial charge >= 0.3 is 123 Å². The van der Waals surface area contributed by atoms with Gasteiger partial charge in [-0.3, -0.25) is 0 Å². The van der Waals surface area contributed by atoms with Crippen molar-refractivity contribution in [1.29, 1.82) is 0 Å². The second kappa shape index (κ2) is 7.62. The first-order valence-corrected chi connectivity index (χ1v) is 11.9. The van der Waals surface area contributed by atoms with Gasteiger partial charge in [-0.15, -0.1) is 0 Å². The van der Waals surface area contributed by atoms with Crippen molar-refractivity contribution in [2.45, 2.75) is 59.9 Å². The molecule has 1 rings (SSSR count). The van der Waals surface area contributed by atoms with Crippen LogP contribution in [0.2, 0.25) is 0 Å². The third kappa shape index (κ3) is 5.42. The van der Waals surface area contributed by atoms with Crippen LogP contribution in [0.1, 0.15) is 41.5 Å². The van der Waals surface area contributed by atoms with Gasteiger partial charge < -0.3 is 0 Å². The van der Waals surface area contributed by atoms with E-state index in [-0.39, 0.29) is 18.3 Å². The van der Waals surface area contributed by atoms with Gasteiger partial charge in [-0.05, 0) is 0 Å². The van der Waals surface area contributed by atoms with Gasteiger partial charge in [0.05, 0.1) is 0 Å². The quantitative estimate of drug-likeness (QED) is 0.688. The molecular formula is C15H26O3Sn. The van der Waals surface area contributed by atoms with E-state index < -0.39 is 19.6 Å². The van der Waals surface area contributed by atoms with Crippen molar-refractivity contribution in [3.8, 4) is 0 Å². The van der Waals surface area contributed by atoms with E-state index >= 15 is 0 Å². The number of hydrogen-bond acceptors (Lipinski definition) is 3. The van der Waals surface area contributed by atoms with Gasteiger partial charge in [0.2, 0.25) is 0 Å². The summed E-state index contributed by atoms with van der Waals surface area (Å²) in [5.41, 5.74) is 0. The van der Waals surface area contributed by atoms with Crippen molar-refractivity contribution in [1.82, 2.24) is 0 Å². The summed E-state index contributed by atoms with van der Waals surface area (Å²) < 4.78 is 19.7. The van der Waals surface area contributed by atoms with Gasteiger partial charge in [0.25, 0.3) is 0 Å². The topological polar surface area (TPSA) is 27.7 Å². The molecule has 1 aromatic rings. The van der Waals surface area contributed by atoms with E-state index in [1.54, 1.807) is 0 Å². The summed E-state index contributed by atoms with van der Waals surface area (Å²) in [6.45, 7) is 12.2. The van der Waals surface area contributed by atoms with Gasteiger partial charge in [0.15, 0.2) is 0 Å². The molecule has 0 amide bonds. The predicted octanol–water partition coefficient (Wildman–Crippen LogP) is 3.11. The fraction of sp³-hybridized carbons (Fsp3) is 0.600. The van der Waals surface area contributed by atoms with Crippen molar-refractivity contribution < 1.29 is 9.22 Å². The molecule has 1 aromatic carbocycles. The zero-order valence-corrected chi connectivity index (χ0v) is 15.7. The molecule has 0 heterocycles. The summed E-state index contributed by atoms with van der Waals surface area (Å²) in [4.78, 5) is 0. The molecule has 0 N–H and O–H groups in total. The Balaban J connectivity index is 3.16. The van der Waals surface area contributed by atoms with E-state index in [0.717, 1.165) is 3.58 Å². The van der Waals surface area contributed by atoms with Crippen LogP contribution in [0.5, 0.6) is 0 Å². The Hall–Kier alpha value is -0.101. The molecule has 4 heteroatoms. The Morgan fingerprint density at radius 3 is 1.37 bits per heavy atom. The molecule has 3 nitrogen and oxygen atoms in total. The minimum atomic E-state index is -3.74. The average molecular weight is 373 g/mol. The van der Waals surface area contributed by atoms with Gasteiger partial charge in [0, 0.05) is 0 Å². The molecule has 0 unspecified atom stereocenters. The molecule has 0 saturated heterocycles. The van der Waals surface area contributed by atoms with Crippen molar-refractivity contribution in [2.24, 2.45) is 0 Å². The van der Waals surface area contributed by atoms with Crippen LogP contribution in [0.25, 0.3) is 0 Å². The van der Waals surface area contributed by atoms with Crippen molar-refractivity contribution in [2.75, 3.05) is 0 Å². The van der Waals surface area contributed by atoms with E-state index in [2.05, 4.69) is 12.1 Å². The summed E-state index contributed by atoms with van der Waals surface area (Å²) in [6.07, 6.45) is 0.274. The van der Waals surface area contributed by atoms with Gasteiger partial charge in [-0.1, -0.05) is 0 Å². The first kappa shape index (κ1) is 17.0. The third-order valence-electron chi connectivity index (χ3n) is 2.30. The summed E-state index contributed by atoms with van der Waals surface area (Å²) in [5, 5.41) is 0. The molecule has 0 aliphatic carbocycles. The van der Waals surface area contributed by atoms with E-state index in [9.17, 15) is 0 Å². The number of rotatable bonds is 7. The van der Waals surface area contributed by atoms with Crippen molar-refractivity contribution in [3.05, 3.63) is 30.3 Å². The number of benzene rings is 1. The Bertz CT molecular complexity index is 336.